The molecule has 0 spiro atoms. The third-order valence-corrected chi connectivity index (χ3v) is 7.41. The predicted molar refractivity (Wildman–Crippen MR) is 121 cm³/mol. The second kappa shape index (κ2) is 10.0. The summed E-state index contributed by atoms with van der Waals surface area (Å²) in [4.78, 5) is 2.04. The standard InChI is InChI=1S/C24H29FN2O4S/c1-17-14-27(18(2)16-28)32(29,30)24-11-10-20(9-8-19-6-5-7-21(25)12-19)13-22(24)31-23(17)15-26(3)4/h5-7,10-13,17-18,23,28H,14-16H2,1-4H3/t17-,18+,23+/m1/s1. The summed E-state index contributed by atoms with van der Waals surface area (Å²) in [6.45, 7) is 4.19. The molecule has 32 heavy (non-hydrogen) atoms. The van der Waals surface area contributed by atoms with Gasteiger partial charge in [-0.3, -0.25) is 0 Å². The summed E-state index contributed by atoms with van der Waals surface area (Å²) in [6, 6.07) is 10.1. The van der Waals surface area contributed by atoms with Gasteiger partial charge in [0.1, 0.15) is 22.6 Å². The van der Waals surface area contributed by atoms with Gasteiger partial charge in [-0.2, -0.15) is 4.31 Å². The van der Waals surface area contributed by atoms with Crippen LogP contribution in [0.4, 0.5) is 4.39 Å². The van der Waals surface area contributed by atoms with Gasteiger partial charge in [0.2, 0.25) is 10.0 Å². The first-order valence-corrected chi connectivity index (χ1v) is 11.9. The fourth-order valence-electron chi connectivity index (χ4n) is 3.59. The molecule has 1 heterocycles. The van der Waals surface area contributed by atoms with E-state index in [9.17, 15) is 17.9 Å². The van der Waals surface area contributed by atoms with Gasteiger partial charge >= 0.3 is 0 Å². The number of ether oxygens (including phenoxy) is 1. The van der Waals surface area contributed by atoms with Crippen LogP contribution >= 0.6 is 0 Å². The van der Waals surface area contributed by atoms with Gasteiger partial charge in [0.05, 0.1) is 6.61 Å². The molecule has 3 rings (SSSR count). The third kappa shape index (κ3) is 5.48. The van der Waals surface area contributed by atoms with E-state index in [0.717, 1.165) is 0 Å². The molecule has 0 fully saturated rings. The Kier molecular flexibility index (Phi) is 7.57. The molecular formula is C24H29FN2O4S. The first-order valence-electron chi connectivity index (χ1n) is 10.5. The number of halogens is 1. The Morgan fingerprint density at radius 3 is 2.53 bits per heavy atom. The number of nitrogens with zero attached hydrogens (tertiary/aromatic N) is 2. The Hall–Kier alpha value is -2.44. The van der Waals surface area contributed by atoms with Crippen LogP contribution in [0.25, 0.3) is 0 Å². The number of fused-ring (bicyclic) bond motifs is 1. The Morgan fingerprint density at radius 2 is 1.91 bits per heavy atom. The van der Waals surface area contributed by atoms with E-state index in [0.29, 0.717) is 17.7 Å². The molecule has 1 N–H and O–H groups in total. The van der Waals surface area contributed by atoms with Crippen LogP contribution in [0.15, 0.2) is 47.4 Å². The predicted octanol–water partition coefficient (Wildman–Crippen LogP) is 2.56. The summed E-state index contributed by atoms with van der Waals surface area (Å²) in [5.74, 6) is 5.60. The highest BCUT2D eigenvalue weighted by Gasteiger charge is 2.37. The molecule has 6 nitrogen and oxygen atoms in total. The third-order valence-electron chi connectivity index (χ3n) is 5.39. The normalized spacial score (nSPS) is 21.5. The number of hydrogen-bond acceptors (Lipinski definition) is 5. The van der Waals surface area contributed by atoms with Crippen molar-refractivity contribution in [3.63, 3.8) is 0 Å². The Balaban J connectivity index is 2.08. The molecule has 0 aromatic heterocycles. The zero-order chi connectivity index (χ0) is 23.5. The summed E-state index contributed by atoms with van der Waals surface area (Å²) >= 11 is 0. The van der Waals surface area contributed by atoms with Crippen molar-refractivity contribution in [1.82, 2.24) is 9.21 Å². The Bertz CT molecular complexity index is 1120. The minimum Gasteiger partial charge on any atom is -0.487 e. The number of hydrogen-bond donors (Lipinski definition) is 1. The second-order valence-corrected chi connectivity index (χ2v) is 10.3. The largest absolute Gasteiger partial charge is 0.487 e. The van der Waals surface area contributed by atoms with Crippen molar-refractivity contribution >= 4 is 10.0 Å². The van der Waals surface area contributed by atoms with Crippen LogP contribution in [-0.4, -0.2) is 68.7 Å². The van der Waals surface area contributed by atoms with E-state index >= 15 is 0 Å². The molecule has 172 valence electrons. The monoisotopic (exact) mass is 460 g/mol. The van der Waals surface area contributed by atoms with Gasteiger partial charge < -0.3 is 14.7 Å². The van der Waals surface area contributed by atoms with Crippen molar-refractivity contribution in [2.24, 2.45) is 5.92 Å². The molecule has 1 aliphatic heterocycles. The van der Waals surface area contributed by atoms with Gasteiger partial charge in [0.25, 0.3) is 0 Å². The maximum Gasteiger partial charge on any atom is 0.247 e. The lowest BCUT2D eigenvalue weighted by Gasteiger charge is -2.37. The Morgan fingerprint density at radius 1 is 1.22 bits per heavy atom. The lowest BCUT2D eigenvalue weighted by Crippen LogP contribution is -2.49. The number of benzene rings is 2. The SMILES string of the molecule is C[C@@H]1CN([C@@H](C)CO)S(=O)(=O)c2ccc(C#Cc3cccc(F)c3)cc2O[C@H]1CN(C)C. The average molecular weight is 461 g/mol. The summed E-state index contributed by atoms with van der Waals surface area (Å²) in [5.41, 5.74) is 1.08. The Labute approximate surface area is 189 Å². The average Bonchev–Trinajstić information content (AvgIpc) is 2.74. The van der Waals surface area contributed by atoms with E-state index in [1.54, 1.807) is 31.2 Å². The smallest absolute Gasteiger partial charge is 0.247 e. The topological polar surface area (TPSA) is 70.1 Å². The molecule has 2 aromatic rings. The first-order chi connectivity index (χ1) is 15.1. The second-order valence-electron chi connectivity index (χ2n) is 8.42. The van der Waals surface area contributed by atoms with Crippen molar-refractivity contribution in [2.45, 2.75) is 30.9 Å². The molecule has 2 aromatic carbocycles. The molecule has 0 radical (unpaired) electrons. The van der Waals surface area contributed by atoms with Crippen LogP contribution in [0.2, 0.25) is 0 Å². The van der Waals surface area contributed by atoms with E-state index < -0.39 is 16.1 Å². The van der Waals surface area contributed by atoms with Gasteiger partial charge in [0, 0.05) is 36.2 Å². The van der Waals surface area contributed by atoms with E-state index in [2.05, 4.69) is 11.8 Å². The van der Waals surface area contributed by atoms with Gasteiger partial charge in [-0.15, -0.1) is 0 Å². The molecule has 0 saturated carbocycles. The number of rotatable bonds is 4. The molecule has 0 saturated heterocycles. The van der Waals surface area contributed by atoms with Gasteiger partial charge in [-0.05, 0) is 57.4 Å². The van der Waals surface area contributed by atoms with Crippen molar-refractivity contribution in [3.05, 3.63) is 59.4 Å². The highest BCUT2D eigenvalue weighted by molar-refractivity contribution is 7.89. The summed E-state index contributed by atoms with van der Waals surface area (Å²) in [7, 11) is -0.0272. The van der Waals surface area contributed by atoms with E-state index in [1.165, 1.54) is 22.5 Å². The maximum absolute atomic E-state index is 13.4. The molecule has 0 bridgehead atoms. The molecule has 0 aliphatic carbocycles. The zero-order valence-electron chi connectivity index (χ0n) is 18.7. The van der Waals surface area contributed by atoms with Crippen LogP contribution in [0.5, 0.6) is 5.75 Å². The van der Waals surface area contributed by atoms with E-state index in [4.69, 9.17) is 4.74 Å². The van der Waals surface area contributed by atoms with Crippen LogP contribution in [0.3, 0.4) is 0 Å². The zero-order valence-corrected chi connectivity index (χ0v) is 19.6. The highest BCUT2D eigenvalue weighted by Crippen LogP contribution is 2.34. The molecule has 8 heteroatoms. The lowest BCUT2D eigenvalue weighted by molar-refractivity contribution is 0.0812. The number of sulfonamides is 1. The summed E-state index contributed by atoms with van der Waals surface area (Å²) < 4.78 is 47.9. The van der Waals surface area contributed by atoms with E-state index in [1.807, 2.05) is 25.9 Å². The van der Waals surface area contributed by atoms with Gasteiger partial charge in [-0.25, -0.2) is 12.8 Å². The van der Waals surface area contributed by atoms with E-state index in [-0.39, 0.29) is 41.6 Å². The number of aliphatic hydroxyl groups is 1. The van der Waals surface area contributed by atoms with Crippen LogP contribution in [0.1, 0.15) is 25.0 Å². The molecule has 0 unspecified atom stereocenters. The highest BCUT2D eigenvalue weighted by atomic mass is 32.2. The maximum atomic E-state index is 13.4. The fourth-order valence-corrected chi connectivity index (χ4v) is 5.42. The molecule has 3 atom stereocenters. The van der Waals surface area contributed by atoms with Gasteiger partial charge in [0.15, 0.2) is 0 Å². The molecule has 1 aliphatic rings. The first kappa shape index (κ1) is 24.2. The summed E-state index contributed by atoms with van der Waals surface area (Å²) in [5, 5.41) is 9.68. The quantitative estimate of drug-likeness (QED) is 0.711. The lowest BCUT2D eigenvalue weighted by atomic mass is 10.0. The van der Waals surface area contributed by atoms with Crippen molar-refractivity contribution in [1.29, 1.82) is 0 Å². The molecule has 0 amide bonds. The minimum absolute atomic E-state index is 0.0461. The molecular weight excluding hydrogens is 431 g/mol. The number of likely N-dealkylation sites (N-methyl/N-ethyl adjacent to an activating group) is 1. The fraction of sp³-hybridized carbons (Fsp3) is 0.417. The minimum atomic E-state index is -3.89. The van der Waals surface area contributed by atoms with Crippen LogP contribution in [0, 0.1) is 23.6 Å². The van der Waals surface area contributed by atoms with Crippen LogP contribution < -0.4 is 4.74 Å². The van der Waals surface area contributed by atoms with Gasteiger partial charge in [-0.1, -0.05) is 24.8 Å². The summed E-state index contributed by atoms with van der Waals surface area (Å²) in [6.07, 6.45) is -0.265. The van der Waals surface area contributed by atoms with Crippen LogP contribution in [-0.2, 0) is 10.0 Å². The van der Waals surface area contributed by atoms with Crippen molar-refractivity contribution in [2.75, 3.05) is 33.8 Å². The van der Waals surface area contributed by atoms with Crippen molar-refractivity contribution in [3.8, 4) is 17.6 Å². The number of aliphatic hydroxyl groups excluding tert-OH is 1. The van der Waals surface area contributed by atoms with Crippen molar-refractivity contribution < 1.29 is 22.7 Å².